The van der Waals surface area contributed by atoms with Crippen molar-refractivity contribution < 1.29 is 4.79 Å². The van der Waals surface area contributed by atoms with Gasteiger partial charge in [-0.3, -0.25) is 9.48 Å². The summed E-state index contributed by atoms with van der Waals surface area (Å²) in [6.45, 7) is 4.58. The van der Waals surface area contributed by atoms with Crippen molar-refractivity contribution in [2.75, 3.05) is 5.75 Å². The molecular weight excluding hydrogens is 330 g/mol. The number of carbonyl (C=O) groups excluding carboxylic acids is 1. The highest BCUT2D eigenvalue weighted by molar-refractivity contribution is 7.99. The van der Waals surface area contributed by atoms with Gasteiger partial charge in [-0.25, -0.2) is 0 Å². The Morgan fingerprint density at radius 3 is 3.00 bits per heavy atom. The quantitative estimate of drug-likeness (QED) is 0.910. The summed E-state index contributed by atoms with van der Waals surface area (Å²) >= 11 is 7.93. The number of thioether (sulfide) groups is 1. The Labute approximate surface area is 145 Å². The molecule has 1 aliphatic heterocycles. The Kier molecular flexibility index (Phi) is 4.97. The summed E-state index contributed by atoms with van der Waals surface area (Å²) in [7, 11) is 0. The molecule has 0 saturated heterocycles. The average molecular weight is 350 g/mol. The number of carbonyl (C=O) groups is 1. The van der Waals surface area contributed by atoms with E-state index in [0.717, 1.165) is 29.1 Å². The molecule has 2 aromatic rings. The normalized spacial score (nSPS) is 16.9. The summed E-state index contributed by atoms with van der Waals surface area (Å²) in [6.07, 6.45) is 1.37. The number of halogens is 1. The van der Waals surface area contributed by atoms with Crippen LogP contribution >= 0.6 is 23.4 Å². The topological polar surface area (TPSA) is 46.9 Å². The van der Waals surface area contributed by atoms with E-state index in [2.05, 4.69) is 10.4 Å². The van der Waals surface area contributed by atoms with E-state index in [9.17, 15) is 4.79 Å². The third-order valence-electron chi connectivity index (χ3n) is 4.00. The molecule has 1 aliphatic rings. The van der Waals surface area contributed by atoms with Crippen LogP contribution < -0.4 is 5.32 Å². The lowest BCUT2D eigenvalue weighted by molar-refractivity contribution is -0.122. The summed E-state index contributed by atoms with van der Waals surface area (Å²) < 4.78 is 1.89. The standard InChI is InChI=1S/C17H20ClN3OS/c1-11-9-12(2)21(20-11)7-5-17(22)19-15-6-8-23-16-4-3-13(18)10-14(15)16/h3-4,9-10,15H,5-8H2,1-2H3,(H,19,22). The van der Waals surface area contributed by atoms with Crippen molar-refractivity contribution in [1.82, 2.24) is 15.1 Å². The van der Waals surface area contributed by atoms with Crippen LogP contribution in [0.2, 0.25) is 5.02 Å². The van der Waals surface area contributed by atoms with Crippen LogP contribution in [0.15, 0.2) is 29.2 Å². The van der Waals surface area contributed by atoms with Gasteiger partial charge in [0.1, 0.15) is 0 Å². The maximum Gasteiger partial charge on any atom is 0.222 e. The minimum Gasteiger partial charge on any atom is -0.349 e. The van der Waals surface area contributed by atoms with Gasteiger partial charge in [0.05, 0.1) is 11.7 Å². The molecule has 0 bridgehead atoms. The van der Waals surface area contributed by atoms with Crippen molar-refractivity contribution in [3.63, 3.8) is 0 Å². The smallest absolute Gasteiger partial charge is 0.222 e. The van der Waals surface area contributed by atoms with Crippen molar-refractivity contribution in [3.05, 3.63) is 46.2 Å². The van der Waals surface area contributed by atoms with E-state index in [4.69, 9.17) is 11.6 Å². The zero-order valence-electron chi connectivity index (χ0n) is 13.3. The Hall–Kier alpha value is -1.46. The number of hydrogen-bond acceptors (Lipinski definition) is 3. The highest BCUT2D eigenvalue weighted by Gasteiger charge is 2.22. The molecule has 1 amide bonds. The average Bonchev–Trinajstić information content (AvgIpc) is 2.84. The molecule has 122 valence electrons. The van der Waals surface area contributed by atoms with Gasteiger partial charge in [-0.15, -0.1) is 11.8 Å². The fourth-order valence-corrected chi connectivity index (χ4v) is 4.18. The lowest BCUT2D eigenvalue weighted by Gasteiger charge is -2.26. The van der Waals surface area contributed by atoms with Gasteiger partial charge in [0.15, 0.2) is 0 Å². The van der Waals surface area contributed by atoms with Crippen LogP contribution in [0.5, 0.6) is 0 Å². The molecule has 2 heterocycles. The lowest BCUT2D eigenvalue weighted by atomic mass is 10.0. The highest BCUT2D eigenvalue weighted by atomic mass is 35.5. The number of amides is 1. The Balaban J connectivity index is 1.63. The van der Waals surface area contributed by atoms with Crippen molar-refractivity contribution >= 4 is 29.3 Å². The molecule has 1 N–H and O–H groups in total. The van der Waals surface area contributed by atoms with Crippen LogP contribution in [0.25, 0.3) is 0 Å². The molecular formula is C17H20ClN3OS. The molecule has 0 aliphatic carbocycles. The van der Waals surface area contributed by atoms with Gasteiger partial charge in [0.25, 0.3) is 0 Å². The fraction of sp³-hybridized carbons (Fsp3) is 0.412. The summed E-state index contributed by atoms with van der Waals surface area (Å²) in [5, 5.41) is 8.26. The van der Waals surface area contributed by atoms with E-state index in [-0.39, 0.29) is 11.9 Å². The first-order valence-corrected chi connectivity index (χ1v) is 9.12. The Morgan fingerprint density at radius 1 is 1.43 bits per heavy atom. The van der Waals surface area contributed by atoms with Crippen LogP contribution in [0.1, 0.15) is 35.8 Å². The number of aryl methyl sites for hydroxylation is 3. The zero-order chi connectivity index (χ0) is 16.4. The number of fused-ring (bicyclic) bond motifs is 1. The third-order valence-corrected chi connectivity index (χ3v) is 5.36. The maximum absolute atomic E-state index is 12.3. The SMILES string of the molecule is Cc1cc(C)n(CCC(=O)NC2CCSc3ccc(Cl)cc32)n1. The van der Waals surface area contributed by atoms with Gasteiger partial charge in [-0.05, 0) is 50.1 Å². The van der Waals surface area contributed by atoms with E-state index >= 15 is 0 Å². The molecule has 1 unspecified atom stereocenters. The summed E-state index contributed by atoms with van der Waals surface area (Å²) in [5.74, 6) is 1.07. The first-order valence-electron chi connectivity index (χ1n) is 7.75. The van der Waals surface area contributed by atoms with Gasteiger partial charge in [-0.1, -0.05) is 11.6 Å². The molecule has 4 nitrogen and oxygen atoms in total. The molecule has 1 aromatic carbocycles. The predicted octanol–water partition coefficient (Wildman–Crippen LogP) is 3.90. The fourth-order valence-electron chi connectivity index (χ4n) is 2.89. The molecule has 0 saturated carbocycles. The number of benzene rings is 1. The van der Waals surface area contributed by atoms with Crippen LogP contribution in [-0.4, -0.2) is 21.4 Å². The maximum atomic E-state index is 12.3. The van der Waals surface area contributed by atoms with Gasteiger partial charge >= 0.3 is 0 Å². The second kappa shape index (κ2) is 6.97. The highest BCUT2D eigenvalue weighted by Crippen LogP contribution is 2.37. The molecule has 3 rings (SSSR count). The first-order chi connectivity index (χ1) is 11.0. The summed E-state index contributed by atoms with van der Waals surface area (Å²) in [6, 6.07) is 7.98. The van der Waals surface area contributed by atoms with Gasteiger partial charge in [0, 0.05) is 34.3 Å². The van der Waals surface area contributed by atoms with Crippen LogP contribution in [0.4, 0.5) is 0 Å². The van der Waals surface area contributed by atoms with E-state index in [1.54, 1.807) is 0 Å². The third kappa shape index (κ3) is 3.90. The molecule has 0 fully saturated rings. The molecule has 6 heteroatoms. The molecule has 23 heavy (non-hydrogen) atoms. The number of rotatable bonds is 4. The lowest BCUT2D eigenvalue weighted by Crippen LogP contribution is -2.31. The van der Waals surface area contributed by atoms with Crippen molar-refractivity contribution in [2.24, 2.45) is 0 Å². The molecule has 1 aromatic heterocycles. The van der Waals surface area contributed by atoms with Crippen molar-refractivity contribution in [3.8, 4) is 0 Å². The number of hydrogen-bond donors (Lipinski definition) is 1. The van der Waals surface area contributed by atoms with Crippen molar-refractivity contribution in [2.45, 2.75) is 44.2 Å². The Bertz CT molecular complexity index is 729. The van der Waals surface area contributed by atoms with E-state index in [0.29, 0.717) is 18.0 Å². The van der Waals surface area contributed by atoms with E-state index < -0.39 is 0 Å². The summed E-state index contributed by atoms with van der Waals surface area (Å²) in [5.41, 5.74) is 3.20. The zero-order valence-corrected chi connectivity index (χ0v) is 14.9. The Morgan fingerprint density at radius 2 is 2.26 bits per heavy atom. The minimum absolute atomic E-state index is 0.0536. The molecule has 0 radical (unpaired) electrons. The van der Waals surface area contributed by atoms with Gasteiger partial charge in [0.2, 0.25) is 5.91 Å². The van der Waals surface area contributed by atoms with E-state index in [1.807, 2.05) is 54.6 Å². The summed E-state index contributed by atoms with van der Waals surface area (Å²) in [4.78, 5) is 13.5. The minimum atomic E-state index is 0.0536. The van der Waals surface area contributed by atoms with E-state index in [1.165, 1.54) is 4.90 Å². The van der Waals surface area contributed by atoms with Crippen LogP contribution in [0.3, 0.4) is 0 Å². The number of nitrogens with zero attached hydrogens (tertiary/aromatic N) is 2. The number of nitrogens with one attached hydrogen (secondary N) is 1. The first kappa shape index (κ1) is 16.4. The predicted molar refractivity (Wildman–Crippen MR) is 94.0 cm³/mol. The van der Waals surface area contributed by atoms with Gasteiger partial charge < -0.3 is 5.32 Å². The second-order valence-electron chi connectivity index (χ2n) is 5.84. The number of aromatic nitrogens is 2. The second-order valence-corrected chi connectivity index (χ2v) is 7.41. The molecule has 0 spiro atoms. The van der Waals surface area contributed by atoms with Crippen LogP contribution in [-0.2, 0) is 11.3 Å². The van der Waals surface area contributed by atoms with Crippen LogP contribution in [0, 0.1) is 13.8 Å². The molecule has 1 atom stereocenters. The van der Waals surface area contributed by atoms with Crippen molar-refractivity contribution in [1.29, 1.82) is 0 Å². The largest absolute Gasteiger partial charge is 0.349 e. The van der Waals surface area contributed by atoms with Gasteiger partial charge in [-0.2, -0.15) is 5.10 Å². The monoisotopic (exact) mass is 349 g/mol.